The van der Waals surface area contributed by atoms with Crippen molar-refractivity contribution in [2.45, 2.75) is 45.8 Å². The Kier molecular flexibility index (Phi) is 6.95. The molecule has 0 radical (unpaired) electrons. The van der Waals surface area contributed by atoms with Gasteiger partial charge in [-0.3, -0.25) is 9.69 Å². The number of carbonyl (C=O) groups is 1. The standard InChI is InChI=1S/C20H30N6O/c1-3-25(4-2)14-17-7-5-6-16(12-17)13-22-20(27)19-15-26(24-23-19)18-8-10-21-11-9-18/h5-7,12,15,18,21H,3-4,8-11,13-14H2,1-2H3,(H,22,27). The number of nitrogens with one attached hydrogen (secondary N) is 2. The first-order valence-corrected chi connectivity index (χ1v) is 9.90. The van der Waals surface area contributed by atoms with Gasteiger partial charge in [0.1, 0.15) is 0 Å². The molecule has 3 rings (SSSR count). The second kappa shape index (κ2) is 9.62. The quantitative estimate of drug-likeness (QED) is 0.743. The molecule has 0 saturated carbocycles. The molecule has 7 nitrogen and oxygen atoms in total. The van der Waals surface area contributed by atoms with Gasteiger partial charge in [0, 0.05) is 13.1 Å². The summed E-state index contributed by atoms with van der Waals surface area (Å²) >= 11 is 0. The van der Waals surface area contributed by atoms with Crippen molar-refractivity contribution >= 4 is 5.91 Å². The molecule has 0 spiro atoms. The van der Waals surface area contributed by atoms with E-state index in [9.17, 15) is 4.79 Å². The summed E-state index contributed by atoms with van der Waals surface area (Å²) in [5, 5.41) is 14.5. The van der Waals surface area contributed by atoms with Crippen LogP contribution < -0.4 is 10.6 Å². The molecule has 1 amide bonds. The zero-order valence-electron chi connectivity index (χ0n) is 16.3. The lowest BCUT2D eigenvalue weighted by Gasteiger charge is -2.22. The second-order valence-corrected chi connectivity index (χ2v) is 7.03. The number of aromatic nitrogens is 3. The molecule has 1 fully saturated rings. The molecule has 1 saturated heterocycles. The Hall–Kier alpha value is -2.25. The van der Waals surface area contributed by atoms with Gasteiger partial charge in [0.2, 0.25) is 0 Å². The third kappa shape index (κ3) is 5.37. The average Bonchev–Trinajstić information content (AvgIpc) is 3.21. The van der Waals surface area contributed by atoms with Crippen molar-refractivity contribution in [3.63, 3.8) is 0 Å². The van der Waals surface area contributed by atoms with Gasteiger partial charge < -0.3 is 10.6 Å². The van der Waals surface area contributed by atoms with Crippen LogP contribution in [-0.4, -0.2) is 52.0 Å². The van der Waals surface area contributed by atoms with Crippen LogP contribution in [0.15, 0.2) is 30.5 Å². The van der Waals surface area contributed by atoms with Crippen molar-refractivity contribution < 1.29 is 4.79 Å². The van der Waals surface area contributed by atoms with Gasteiger partial charge in [0.25, 0.3) is 5.91 Å². The summed E-state index contributed by atoms with van der Waals surface area (Å²) in [4.78, 5) is 14.8. The smallest absolute Gasteiger partial charge is 0.273 e. The van der Waals surface area contributed by atoms with Crippen LogP contribution in [0.5, 0.6) is 0 Å². The molecular formula is C20H30N6O. The van der Waals surface area contributed by atoms with Crippen LogP contribution in [0.25, 0.3) is 0 Å². The molecule has 0 unspecified atom stereocenters. The van der Waals surface area contributed by atoms with E-state index in [-0.39, 0.29) is 5.91 Å². The normalized spacial score (nSPS) is 15.2. The molecule has 1 aliphatic rings. The number of piperidine rings is 1. The van der Waals surface area contributed by atoms with Crippen LogP contribution in [-0.2, 0) is 13.1 Å². The highest BCUT2D eigenvalue weighted by atomic mass is 16.2. The predicted molar refractivity (Wildman–Crippen MR) is 105 cm³/mol. The summed E-state index contributed by atoms with van der Waals surface area (Å²) < 4.78 is 1.83. The molecule has 1 aliphatic heterocycles. The number of hydrogen-bond acceptors (Lipinski definition) is 5. The summed E-state index contributed by atoms with van der Waals surface area (Å²) in [7, 11) is 0. The van der Waals surface area contributed by atoms with Crippen LogP contribution in [0.2, 0.25) is 0 Å². The number of carbonyl (C=O) groups excluding carboxylic acids is 1. The lowest BCUT2D eigenvalue weighted by molar-refractivity contribution is 0.0945. The Balaban J connectivity index is 1.55. The minimum absolute atomic E-state index is 0.177. The highest BCUT2D eigenvalue weighted by molar-refractivity contribution is 5.91. The minimum Gasteiger partial charge on any atom is -0.347 e. The van der Waals surface area contributed by atoms with Gasteiger partial charge in [-0.1, -0.05) is 43.3 Å². The largest absolute Gasteiger partial charge is 0.347 e. The fourth-order valence-corrected chi connectivity index (χ4v) is 3.45. The minimum atomic E-state index is -0.177. The number of amides is 1. The lowest BCUT2D eigenvalue weighted by atomic mass is 10.1. The van der Waals surface area contributed by atoms with Gasteiger partial charge in [-0.2, -0.15) is 0 Å². The van der Waals surface area contributed by atoms with Crippen LogP contribution >= 0.6 is 0 Å². The molecule has 27 heavy (non-hydrogen) atoms. The number of benzene rings is 1. The van der Waals surface area contributed by atoms with E-state index >= 15 is 0 Å². The molecule has 0 aliphatic carbocycles. The number of hydrogen-bond donors (Lipinski definition) is 2. The molecular weight excluding hydrogens is 340 g/mol. The van der Waals surface area contributed by atoms with Gasteiger partial charge in [-0.15, -0.1) is 5.10 Å². The fraction of sp³-hybridized carbons (Fsp3) is 0.550. The van der Waals surface area contributed by atoms with E-state index in [4.69, 9.17) is 0 Å². The van der Waals surface area contributed by atoms with Crippen LogP contribution in [0.1, 0.15) is 54.3 Å². The summed E-state index contributed by atoms with van der Waals surface area (Å²) in [5.74, 6) is -0.177. The third-order valence-electron chi connectivity index (χ3n) is 5.17. The summed E-state index contributed by atoms with van der Waals surface area (Å²) in [5.41, 5.74) is 2.74. The molecule has 0 bridgehead atoms. The van der Waals surface area contributed by atoms with Crippen LogP contribution in [0, 0.1) is 0 Å². The maximum atomic E-state index is 12.4. The third-order valence-corrected chi connectivity index (χ3v) is 5.17. The molecule has 0 atom stereocenters. The van der Waals surface area contributed by atoms with E-state index < -0.39 is 0 Å². The molecule has 146 valence electrons. The van der Waals surface area contributed by atoms with Gasteiger partial charge in [0.05, 0.1) is 12.2 Å². The van der Waals surface area contributed by atoms with Crippen molar-refractivity contribution in [1.29, 1.82) is 0 Å². The first-order valence-electron chi connectivity index (χ1n) is 9.90. The van der Waals surface area contributed by atoms with Crippen molar-refractivity contribution in [3.05, 3.63) is 47.3 Å². The second-order valence-electron chi connectivity index (χ2n) is 7.03. The number of rotatable bonds is 8. The zero-order valence-corrected chi connectivity index (χ0v) is 16.3. The molecule has 1 aromatic heterocycles. The SMILES string of the molecule is CCN(CC)Cc1cccc(CNC(=O)c2cn(C3CCNCC3)nn2)c1. The van der Waals surface area contributed by atoms with Crippen molar-refractivity contribution in [1.82, 2.24) is 30.5 Å². The zero-order chi connectivity index (χ0) is 19.1. The highest BCUT2D eigenvalue weighted by Gasteiger charge is 2.18. The lowest BCUT2D eigenvalue weighted by Crippen LogP contribution is -2.29. The van der Waals surface area contributed by atoms with E-state index in [2.05, 4.69) is 51.8 Å². The van der Waals surface area contributed by atoms with Crippen molar-refractivity contribution in [2.75, 3.05) is 26.2 Å². The van der Waals surface area contributed by atoms with E-state index in [0.29, 0.717) is 18.3 Å². The van der Waals surface area contributed by atoms with E-state index in [1.807, 2.05) is 16.8 Å². The van der Waals surface area contributed by atoms with E-state index in [1.165, 1.54) is 5.56 Å². The molecule has 2 N–H and O–H groups in total. The fourth-order valence-electron chi connectivity index (χ4n) is 3.45. The Morgan fingerprint density at radius 1 is 1.26 bits per heavy atom. The molecule has 1 aromatic carbocycles. The number of nitrogens with zero attached hydrogens (tertiary/aromatic N) is 4. The molecule has 2 heterocycles. The topological polar surface area (TPSA) is 75.1 Å². The van der Waals surface area contributed by atoms with Gasteiger partial charge in [0.15, 0.2) is 5.69 Å². The van der Waals surface area contributed by atoms with Gasteiger partial charge in [-0.25, -0.2) is 4.68 Å². The molecule has 2 aromatic rings. The first-order chi connectivity index (χ1) is 13.2. The van der Waals surface area contributed by atoms with Gasteiger partial charge >= 0.3 is 0 Å². The first kappa shape index (κ1) is 19.5. The Bertz CT molecular complexity index is 734. The molecule has 7 heteroatoms. The predicted octanol–water partition coefficient (Wildman–Crippen LogP) is 1.97. The van der Waals surface area contributed by atoms with Crippen molar-refractivity contribution in [3.8, 4) is 0 Å². The van der Waals surface area contributed by atoms with Crippen molar-refractivity contribution in [2.24, 2.45) is 0 Å². The Morgan fingerprint density at radius 2 is 2.00 bits per heavy atom. The maximum Gasteiger partial charge on any atom is 0.273 e. The van der Waals surface area contributed by atoms with Crippen LogP contribution in [0.3, 0.4) is 0 Å². The maximum absolute atomic E-state index is 12.4. The summed E-state index contributed by atoms with van der Waals surface area (Å²) in [6.45, 7) is 9.79. The monoisotopic (exact) mass is 370 g/mol. The highest BCUT2D eigenvalue weighted by Crippen LogP contribution is 2.17. The van der Waals surface area contributed by atoms with Crippen LogP contribution in [0.4, 0.5) is 0 Å². The average molecular weight is 371 g/mol. The Morgan fingerprint density at radius 3 is 2.74 bits per heavy atom. The van der Waals surface area contributed by atoms with Gasteiger partial charge in [-0.05, 0) is 50.1 Å². The summed E-state index contributed by atoms with van der Waals surface area (Å²) in [6.07, 6.45) is 3.80. The summed E-state index contributed by atoms with van der Waals surface area (Å²) in [6, 6.07) is 8.71. The van der Waals surface area contributed by atoms with E-state index in [1.54, 1.807) is 6.20 Å². The van der Waals surface area contributed by atoms with E-state index in [0.717, 1.165) is 51.1 Å². The Labute approximate surface area is 161 Å².